The van der Waals surface area contributed by atoms with Crippen LogP contribution in [0, 0.1) is 5.82 Å². The number of hydrogen-bond donors (Lipinski definition) is 3. The number of nitrogens with one attached hydrogen (secondary N) is 2. The molecule has 0 atom stereocenters. The summed E-state index contributed by atoms with van der Waals surface area (Å²) in [4.78, 5) is 4.59. The monoisotopic (exact) mass is 344 g/mol. The highest BCUT2D eigenvalue weighted by atomic mass is 32.1. The fourth-order valence-corrected chi connectivity index (χ4v) is 3.22. The van der Waals surface area contributed by atoms with E-state index in [1.165, 1.54) is 6.07 Å². The van der Waals surface area contributed by atoms with Crippen LogP contribution in [0.15, 0.2) is 42.2 Å². The first-order chi connectivity index (χ1) is 11.8. The van der Waals surface area contributed by atoms with Crippen molar-refractivity contribution in [2.75, 3.05) is 12.4 Å². The van der Waals surface area contributed by atoms with Gasteiger partial charge in [0.05, 0.1) is 29.5 Å². The molecule has 1 aliphatic rings. The molecule has 3 heterocycles. The Bertz CT molecular complexity index is 956. The molecule has 1 aromatic carbocycles. The highest BCUT2D eigenvalue weighted by molar-refractivity contribution is 6.99. The van der Waals surface area contributed by atoms with Crippen LogP contribution in [0.2, 0.25) is 0 Å². The average Bonchev–Trinajstić information content (AvgIpc) is 3.21. The van der Waals surface area contributed by atoms with Gasteiger partial charge >= 0.3 is 0 Å². The third-order valence-corrected chi connectivity index (χ3v) is 4.28. The minimum absolute atomic E-state index is 0.309. The van der Waals surface area contributed by atoms with Gasteiger partial charge in [-0.3, -0.25) is 0 Å². The Morgan fingerprint density at radius 2 is 2.29 bits per heavy atom. The quantitative estimate of drug-likeness (QED) is 0.620. The molecular formula is C15H15FN7S+. The highest BCUT2D eigenvalue weighted by Crippen LogP contribution is 2.30. The molecule has 1 aliphatic heterocycles. The fraction of sp³-hybridized carbons (Fsp3) is 0.133. The fourth-order valence-electron chi connectivity index (χ4n) is 2.67. The molecule has 0 bridgehead atoms. The van der Waals surface area contributed by atoms with Crippen LogP contribution in [0.25, 0.3) is 22.6 Å². The zero-order valence-electron chi connectivity index (χ0n) is 12.8. The average molecular weight is 344 g/mol. The number of aromatic nitrogens is 4. The van der Waals surface area contributed by atoms with Gasteiger partial charge in [-0.25, -0.2) is 20.2 Å². The van der Waals surface area contributed by atoms with E-state index in [1.54, 1.807) is 19.2 Å². The van der Waals surface area contributed by atoms with E-state index in [2.05, 4.69) is 24.5 Å². The molecule has 2 aromatic heterocycles. The van der Waals surface area contributed by atoms with Crippen molar-refractivity contribution in [2.45, 2.75) is 6.54 Å². The number of imidazole rings is 1. The summed E-state index contributed by atoms with van der Waals surface area (Å²) in [6.07, 6.45) is 5.79. The number of para-hydroxylation sites is 1. The van der Waals surface area contributed by atoms with Crippen LogP contribution in [-0.2, 0) is 6.54 Å². The Labute approximate surface area is 141 Å². The Morgan fingerprint density at radius 3 is 3.08 bits per heavy atom. The lowest BCUT2D eigenvalue weighted by molar-refractivity contribution is -0.643. The van der Waals surface area contributed by atoms with Crippen molar-refractivity contribution in [1.82, 2.24) is 23.7 Å². The molecule has 0 amide bonds. The van der Waals surface area contributed by atoms with Crippen LogP contribution in [0.3, 0.4) is 0 Å². The summed E-state index contributed by atoms with van der Waals surface area (Å²) < 4.78 is 24.8. The maximum Gasteiger partial charge on any atom is 0.171 e. The molecule has 24 heavy (non-hydrogen) atoms. The van der Waals surface area contributed by atoms with Gasteiger partial charge in [0.1, 0.15) is 17.5 Å². The Morgan fingerprint density at radius 1 is 1.38 bits per heavy atom. The summed E-state index contributed by atoms with van der Waals surface area (Å²) in [6.45, 7) is 0.453. The zero-order valence-corrected chi connectivity index (χ0v) is 13.6. The molecule has 3 aromatic rings. The van der Waals surface area contributed by atoms with Gasteiger partial charge in [-0.15, -0.1) is 0 Å². The molecule has 122 valence electrons. The molecule has 0 radical (unpaired) electrons. The Kier molecular flexibility index (Phi) is 3.71. The molecule has 4 N–H and O–H groups in total. The van der Waals surface area contributed by atoms with Crippen molar-refractivity contribution in [1.29, 1.82) is 0 Å². The van der Waals surface area contributed by atoms with Crippen molar-refractivity contribution in [3.05, 3.63) is 48.1 Å². The van der Waals surface area contributed by atoms with Gasteiger partial charge in [0.2, 0.25) is 0 Å². The van der Waals surface area contributed by atoms with Crippen LogP contribution in [0.4, 0.5) is 10.2 Å². The number of nitrogens with zero attached hydrogens (tertiary/aromatic N) is 4. The zero-order chi connectivity index (χ0) is 16.5. The summed E-state index contributed by atoms with van der Waals surface area (Å²) in [5.41, 5.74) is 7.62. The molecule has 0 aliphatic carbocycles. The first-order valence-electron chi connectivity index (χ1n) is 7.39. The van der Waals surface area contributed by atoms with Crippen molar-refractivity contribution in [3.8, 4) is 11.5 Å². The van der Waals surface area contributed by atoms with Crippen LogP contribution >= 0.6 is 11.7 Å². The third kappa shape index (κ3) is 2.43. The smallest absolute Gasteiger partial charge is 0.171 e. The molecule has 0 spiro atoms. The van der Waals surface area contributed by atoms with Crippen LogP contribution < -0.4 is 16.2 Å². The lowest BCUT2D eigenvalue weighted by atomic mass is 10.3. The van der Waals surface area contributed by atoms with Crippen molar-refractivity contribution < 1.29 is 9.82 Å². The van der Waals surface area contributed by atoms with E-state index >= 15 is 0 Å². The van der Waals surface area contributed by atoms with E-state index in [9.17, 15) is 4.39 Å². The van der Waals surface area contributed by atoms with Gasteiger partial charge in [-0.05, 0) is 24.3 Å². The van der Waals surface area contributed by atoms with E-state index in [-0.39, 0.29) is 5.82 Å². The second-order valence-electron chi connectivity index (χ2n) is 5.23. The van der Waals surface area contributed by atoms with Gasteiger partial charge in [-0.2, -0.15) is 8.75 Å². The summed E-state index contributed by atoms with van der Waals surface area (Å²) >= 11 is 1.10. The Balaban J connectivity index is 1.92. The largest absolute Gasteiger partial charge is 0.370 e. The van der Waals surface area contributed by atoms with E-state index < -0.39 is 0 Å². The predicted molar refractivity (Wildman–Crippen MR) is 90.4 cm³/mol. The number of quaternary nitrogens is 1. The number of rotatable bonds is 4. The van der Waals surface area contributed by atoms with Gasteiger partial charge in [0.25, 0.3) is 0 Å². The summed E-state index contributed by atoms with van der Waals surface area (Å²) in [5.74, 6) is 0.913. The molecule has 0 fully saturated rings. The molecule has 4 rings (SSSR count). The summed E-state index contributed by atoms with van der Waals surface area (Å²) in [7, 11) is 1.78. The van der Waals surface area contributed by atoms with E-state index in [0.29, 0.717) is 34.9 Å². The minimum atomic E-state index is -0.309. The molecular weight excluding hydrogens is 329 g/mol. The SMILES string of the molecule is CNc1nsnc1-c1nc2cccc(F)c2n1CC1=CC=C[NH2+]N1. The lowest BCUT2D eigenvalue weighted by Crippen LogP contribution is -2.88. The number of fused-ring (bicyclic) bond motifs is 1. The molecule has 7 nitrogen and oxygen atoms in total. The molecule has 9 heteroatoms. The molecule has 0 saturated carbocycles. The van der Waals surface area contributed by atoms with Crippen LogP contribution in [0.1, 0.15) is 0 Å². The third-order valence-electron chi connectivity index (χ3n) is 3.76. The number of hydrogen-bond acceptors (Lipinski definition) is 6. The second kappa shape index (κ2) is 6.02. The number of allylic oxidation sites excluding steroid dienone is 3. The van der Waals surface area contributed by atoms with Gasteiger partial charge < -0.3 is 9.88 Å². The maximum absolute atomic E-state index is 14.5. The number of anilines is 1. The van der Waals surface area contributed by atoms with E-state index in [4.69, 9.17) is 0 Å². The first-order valence-corrected chi connectivity index (χ1v) is 8.12. The minimum Gasteiger partial charge on any atom is -0.370 e. The van der Waals surface area contributed by atoms with Gasteiger partial charge in [0.15, 0.2) is 17.3 Å². The van der Waals surface area contributed by atoms with Crippen molar-refractivity contribution >= 4 is 28.6 Å². The second-order valence-corrected chi connectivity index (χ2v) is 5.76. The summed E-state index contributed by atoms with van der Waals surface area (Å²) in [5, 5.41) is 3.01. The normalized spacial score (nSPS) is 13.8. The van der Waals surface area contributed by atoms with E-state index in [0.717, 1.165) is 17.4 Å². The standard InChI is InChI=1S/C15H14FN7S/c1-17-14-12(21-24-22-14)15-19-11-6-2-5-10(16)13(11)23(15)8-9-4-3-7-18-20-9/h2-7,18,20H,8H2,1H3,(H,17,22)/p+1. The van der Waals surface area contributed by atoms with Gasteiger partial charge in [0, 0.05) is 7.05 Å². The first kappa shape index (κ1) is 14.8. The predicted octanol–water partition coefficient (Wildman–Crippen LogP) is 1.21. The maximum atomic E-state index is 14.5. The molecule has 0 saturated heterocycles. The lowest BCUT2D eigenvalue weighted by Gasteiger charge is -2.13. The number of halogens is 1. The van der Waals surface area contributed by atoms with Crippen LogP contribution in [-0.4, -0.2) is 25.3 Å². The number of nitrogens with two attached hydrogens (primary N) is 1. The van der Waals surface area contributed by atoms with E-state index in [1.807, 2.05) is 28.3 Å². The highest BCUT2D eigenvalue weighted by Gasteiger charge is 2.21. The van der Waals surface area contributed by atoms with Crippen LogP contribution in [0.5, 0.6) is 0 Å². The van der Waals surface area contributed by atoms with Gasteiger partial charge in [-0.1, -0.05) is 6.07 Å². The molecule has 0 unspecified atom stereocenters. The Hall–Kier alpha value is -2.78. The van der Waals surface area contributed by atoms with Crippen molar-refractivity contribution in [2.24, 2.45) is 0 Å². The topological polar surface area (TPSA) is 84.3 Å². The number of benzene rings is 1. The van der Waals surface area contributed by atoms with Crippen molar-refractivity contribution in [3.63, 3.8) is 0 Å². The summed E-state index contributed by atoms with van der Waals surface area (Å²) in [6, 6.07) is 4.90.